The van der Waals surface area contributed by atoms with E-state index in [1.165, 1.54) is 17.7 Å². The highest BCUT2D eigenvalue weighted by atomic mass is 35.5. The fourth-order valence-electron chi connectivity index (χ4n) is 2.50. The summed E-state index contributed by atoms with van der Waals surface area (Å²) in [6.45, 7) is 0.718. The minimum absolute atomic E-state index is 0.0485. The first-order valence-corrected chi connectivity index (χ1v) is 7.10. The summed E-state index contributed by atoms with van der Waals surface area (Å²) in [7, 11) is 0. The Bertz CT molecular complexity index is 690. The summed E-state index contributed by atoms with van der Waals surface area (Å²) in [6.07, 6.45) is 0.858. The van der Waals surface area contributed by atoms with Crippen molar-refractivity contribution in [3.8, 4) is 0 Å². The standard InChI is InChI=1S/C16H14ClFN2O/c17-12-5-6-14(13(18)9-12)19-10-16(21)20-8-7-11-3-1-2-4-15(11)20/h1-6,9,19H,7-8,10H2. The molecule has 1 N–H and O–H groups in total. The molecule has 0 aliphatic carbocycles. The zero-order valence-electron chi connectivity index (χ0n) is 11.3. The molecule has 0 aromatic heterocycles. The van der Waals surface area contributed by atoms with Crippen LogP contribution in [0.5, 0.6) is 0 Å². The second-order valence-electron chi connectivity index (χ2n) is 4.90. The molecule has 3 nitrogen and oxygen atoms in total. The topological polar surface area (TPSA) is 32.3 Å². The molecule has 0 atom stereocenters. The van der Waals surface area contributed by atoms with E-state index in [4.69, 9.17) is 11.6 Å². The van der Waals surface area contributed by atoms with Crippen molar-refractivity contribution >= 4 is 28.9 Å². The van der Waals surface area contributed by atoms with Gasteiger partial charge in [0.15, 0.2) is 0 Å². The highest BCUT2D eigenvalue weighted by Gasteiger charge is 2.23. The fraction of sp³-hybridized carbons (Fsp3) is 0.188. The monoisotopic (exact) mass is 304 g/mol. The van der Waals surface area contributed by atoms with Gasteiger partial charge in [-0.15, -0.1) is 0 Å². The summed E-state index contributed by atoms with van der Waals surface area (Å²) < 4.78 is 13.6. The van der Waals surface area contributed by atoms with Crippen LogP contribution in [0, 0.1) is 5.82 Å². The number of hydrogen-bond donors (Lipinski definition) is 1. The van der Waals surface area contributed by atoms with Crippen molar-refractivity contribution < 1.29 is 9.18 Å². The third kappa shape index (κ3) is 2.85. The van der Waals surface area contributed by atoms with Crippen LogP contribution in [0.25, 0.3) is 0 Å². The number of halogens is 2. The highest BCUT2D eigenvalue weighted by molar-refractivity contribution is 6.30. The van der Waals surface area contributed by atoms with Crippen LogP contribution >= 0.6 is 11.6 Å². The molecule has 21 heavy (non-hydrogen) atoms. The molecule has 3 rings (SSSR count). The van der Waals surface area contributed by atoms with Crippen LogP contribution < -0.4 is 10.2 Å². The van der Waals surface area contributed by atoms with E-state index in [0.717, 1.165) is 12.1 Å². The summed E-state index contributed by atoms with van der Waals surface area (Å²) >= 11 is 5.70. The lowest BCUT2D eigenvalue weighted by Gasteiger charge is -2.18. The van der Waals surface area contributed by atoms with Crippen molar-refractivity contribution in [1.82, 2.24) is 0 Å². The van der Waals surface area contributed by atoms with Crippen molar-refractivity contribution in [1.29, 1.82) is 0 Å². The number of nitrogens with one attached hydrogen (secondary N) is 1. The molecular formula is C16H14ClFN2O. The fourth-order valence-corrected chi connectivity index (χ4v) is 2.66. The Morgan fingerprint density at radius 1 is 1.29 bits per heavy atom. The van der Waals surface area contributed by atoms with E-state index in [1.54, 1.807) is 11.0 Å². The summed E-state index contributed by atoms with van der Waals surface area (Å²) in [4.78, 5) is 14.0. The molecule has 1 amide bonds. The van der Waals surface area contributed by atoms with Gasteiger partial charge in [0, 0.05) is 17.3 Å². The molecule has 0 bridgehead atoms. The molecule has 108 valence electrons. The highest BCUT2D eigenvalue weighted by Crippen LogP contribution is 2.27. The molecule has 5 heteroatoms. The molecule has 1 aliphatic rings. The van der Waals surface area contributed by atoms with Crippen LogP contribution in [0.1, 0.15) is 5.56 Å². The van der Waals surface area contributed by atoms with Gasteiger partial charge in [-0.05, 0) is 36.2 Å². The maximum Gasteiger partial charge on any atom is 0.246 e. The van der Waals surface area contributed by atoms with E-state index in [1.807, 2.05) is 24.3 Å². The predicted molar refractivity (Wildman–Crippen MR) is 82.4 cm³/mol. The summed E-state index contributed by atoms with van der Waals surface area (Å²) in [5.41, 5.74) is 2.39. The van der Waals surface area contributed by atoms with E-state index >= 15 is 0 Å². The van der Waals surface area contributed by atoms with E-state index in [2.05, 4.69) is 5.32 Å². The molecular weight excluding hydrogens is 291 g/mol. The maximum absolute atomic E-state index is 13.6. The molecule has 1 aliphatic heterocycles. The van der Waals surface area contributed by atoms with E-state index in [9.17, 15) is 9.18 Å². The number of anilines is 2. The molecule has 0 fully saturated rings. The van der Waals surface area contributed by atoms with Crippen molar-refractivity contribution in [2.45, 2.75) is 6.42 Å². The van der Waals surface area contributed by atoms with Gasteiger partial charge in [0.2, 0.25) is 5.91 Å². The van der Waals surface area contributed by atoms with Crippen molar-refractivity contribution in [2.24, 2.45) is 0 Å². The van der Waals surface area contributed by atoms with Gasteiger partial charge in [-0.3, -0.25) is 4.79 Å². The van der Waals surface area contributed by atoms with Crippen LogP contribution in [0.15, 0.2) is 42.5 Å². The normalized spacial score (nSPS) is 13.1. The lowest BCUT2D eigenvalue weighted by molar-refractivity contribution is -0.116. The number of fused-ring (bicyclic) bond motifs is 1. The molecule has 0 saturated heterocycles. The Balaban J connectivity index is 1.68. The van der Waals surface area contributed by atoms with Crippen LogP contribution in [0.4, 0.5) is 15.8 Å². The zero-order valence-corrected chi connectivity index (χ0v) is 12.0. The van der Waals surface area contributed by atoms with Crippen LogP contribution in [-0.2, 0) is 11.2 Å². The number of carbonyl (C=O) groups is 1. The van der Waals surface area contributed by atoms with Gasteiger partial charge < -0.3 is 10.2 Å². The molecule has 0 unspecified atom stereocenters. The van der Waals surface area contributed by atoms with Gasteiger partial charge in [-0.2, -0.15) is 0 Å². The summed E-state index contributed by atoms with van der Waals surface area (Å²) in [5.74, 6) is -0.536. The van der Waals surface area contributed by atoms with E-state index in [-0.39, 0.29) is 18.1 Å². The lowest BCUT2D eigenvalue weighted by Crippen LogP contribution is -2.34. The van der Waals surface area contributed by atoms with Gasteiger partial charge in [0.1, 0.15) is 5.82 Å². The number of benzene rings is 2. The Morgan fingerprint density at radius 3 is 2.90 bits per heavy atom. The van der Waals surface area contributed by atoms with Gasteiger partial charge in [-0.1, -0.05) is 29.8 Å². The minimum Gasteiger partial charge on any atom is -0.374 e. The first kappa shape index (κ1) is 13.9. The Kier molecular flexibility index (Phi) is 3.80. The largest absolute Gasteiger partial charge is 0.374 e. The van der Waals surface area contributed by atoms with Gasteiger partial charge in [-0.25, -0.2) is 4.39 Å². The number of hydrogen-bond acceptors (Lipinski definition) is 2. The predicted octanol–water partition coefficient (Wildman–Crippen LogP) is 3.48. The smallest absolute Gasteiger partial charge is 0.246 e. The van der Waals surface area contributed by atoms with Gasteiger partial charge in [0.05, 0.1) is 12.2 Å². The molecule has 2 aromatic carbocycles. The number of amides is 1. The lowest BCUT2D eigenvalue weighted by atomic mass is 10.2. The maximum atomic E-state index is 13.6. The third-order valence-corrected chi connectivity index (χ3v) is 3.78. The summed E-state index contributed by atoms with van der Waals surface area (Å²) in [5, 5.41) is 3.15. The van der Waals surface area contributed by atoms with Crippen molar-refractivity contribution in [2.75, 3.05) is 23.3 Å². The average molecular weight is 305 g/mol. The third-order valence-electron chi connectivity index (χ3n) is 3.55. The number of para-hydroxylation sites is 1. The molecule has 0 radical (unpaired) electrons. The van der Waals surface area contributed by atoms with Gasteiger partial charge in [0.25, 0.3) is 0 Å². The Morgan fingerprint density at radius 2 is 2.10 bits per heavy atom. The molecule has 1 heterocycles. The number of nitrogens with zero attached hydrogens (tertiary/aromatic N) is 1. The second kappa shape index (κ2) is 5.74. The quantitative estimate of drug-likeness (QED) is 0.941. The van der Waals surface area contributed by atoms with Crippen LogP contribution in [0.3, 0.4) is 0 Å². The first-order chi connectivity index (χ1) is 10.1. The Labute approximate surface area is 127 Å². The van der Waals surface area contributed by atoms with Crippen LogP contribution in [0.2, 0.25) is 5.02 Å². The molecule has 0 spiro atoms. The van der Waals surface area contributed by atoms with E-state index in [0.29, 0.717) is 11.6 Å². The summed E-state index contributed by atoms with van der Waals surface area (Å²) in [6, 6.07) is 12.2. The average Bonchev–Trinajstić information content (AvgIpc) is 2.90. The van der Waals surface area contributed by atoms with Crippen molar-refractivity contribution in [3.63, 3.8) is 0 Å². The number of rotatable bonds is 3. The Hall–Kier alpha value is -2.07. The first-order valence-electron chi connectivity index (χ1n) is 6.72. The SMILES string of the molecule is O=C(CNc1ccc(Cl)cc1F)N1CCc2ccccc21. The molecule has 2 aromatic rings. The minimum atomic E-state index is -0.461. The second-order valence-corrected chi connectivity index (χ2v) is 5.34. The zero-order chi connectivity index (χ0) is 14.8. The van der Waals surface area contributed by atoms with Gasteiger partial charge >= 0.3 is 0 Å². The molecule has 0 saturated carbocycles. The van der Waals surface area contributed by atoms with Crippen molar-refractivity contribution in [3.05, 3.63) is 58.9 Å². The van der Waals surface area contributed by atoms with E-state index < -0.39 is 5.82 Å². The van der Waals surface area contributed by atoms with Crippen LogP contribution in [-0.4, -0.2) is 19.0 Å². The number of carbonyl (C=O) groups excluding carboxylic acids is 1.